The van der Waals surface area contributed by atoms with Crippen molar-refractivity contribution in [2.24, 2.45) is 0 Å². The molecule has 4 rings (SSSR count). The summed E-state index contributed by atoms with van der Waals surface area (Å²) < 4.78 is 0. The van der Waals surface area contributed by atoms with Crippen molar-refractivity contribution in [1.82, 2.24) is 4.98 Å². The molecule has 2 aromatic rings. The van der Waals surface area contributed by atoms with Crippen molar-refractivity contribution in [3.05, 3.63) is 53.2 Å². The van der Waals surface area contributed by atoms with Crippen LogP contribution in [0.5, 0.6) is 0 Å². The molecule has 0 aliphatic carbocycles. The fourth-order valence-corrected chi connectivity index (χ4v) is 3.27. The molecule has 2 aliphatic heterocycles. The zero-order chi connectivity index (χ0) is 13.4. The van der Waals surface area contributed by atoms with E-state index in [-0.39, 0.29) is 0 Å². The predicted molar refractivity (Wildman–Crippen MR) is 82.2 cm³/mol. The highest BCUT2D eigenvalue weighted by molar-refractivity contribution is 5.56. The van der Waals surface area contributed by atoms with Gasteiger partial charge in [0.25, 0.3) is 0 Å². The van der Waals surface area contributed by atoms with E-state index in [2.05, 4.69) is 39.9 Å². The van der Waals surface area contributed by atoms with E-state index >= 15 is 0 Å². The first-order valence-electron chi connectivity index (χ1n) is 7.47. The first-order valence-corrected chi connectivity index (χ1v) is 7.47. The van der Waals surface area contributed by atoms with E-state index in [9.17, 15) is 0 Å². The Morgan fingerprint density at radius 2 is 2.10 bits per heavy atom. The van der Waals surface area contributed by atoms with E-state index in [1.807, 2.05) is 12.3 Å². The molecular formula is C17H19N3. The number of hydrogen-bond acceptors (Lipinski definition) is 3. The second kappa shape index (κ2) is 4.82. The van der Waals surface area contributed by atoms with Crippen LogP contribution < -0.4 is 10.6 Å². The number of anilines is 2. The summed E-state index contributed by atoms with van der Waals surface area (Å²) in [5.74, 6) is 1.06. The van der Waals surface area contributed by atoms with E-state index in [4.69, 9.17) is 0 Å². The maximum atomic E-state index is 4.46. The minimum atomic E-state index is 0.393. The molecule has 0 radical (unpaired) electrons. The zero-order valence-electron chi connectivity index (χ0n) is 11.5. The van der Waals surface area contributed by atoms with Crippen LogP contribution in [0, 0.1) is 0 Å². The van der Waals surface area contributed by atoms with Crippen molar-refractivity contribution < 1.29 is 0 Å². The summed E-state index contributed by atoms with van der Waals surface area (Å²) in [7, 11) is 0. The van der Waals surface area contributed by atoms with E-state index in [0.29, 0.717) is 6.04 Å². The summed E-state index contributed by atoms with van der Waals surface area (Å²) in [4.78, 5) is 4.46. The lowest BCUT2D eigenvalue weighted by atomic mass is 9.92. The Balaban J connectivity index is 1.63. The van der Waals surface area contributed by atoms with Gasteiger partial charge in [-0.1, -0.05) is 18.2 Å². The Kier molecular flexibility index (Phi) is 2.84. The number of aryl methyl sites for hydroxylation is 2. The molecule has 20 heavy (non-hydrogen) atoms. The lowest BCUT2D eigenvalue weighted by Gasteiger charge is -2.28. The summed E-state index contributed by atoms with van der Waals surface area (Å²) in [5.41, 5.74) is 5.50. The minimum Gasteiger partial charge on any atom is -0.385 e. The van der Waals surface area contributed by atoms with E-state index in [1.165, 1.54) is 35.2 Å². The lowest BCUT2D eigenvalue weighted by molar-refractivity contribution is 0.659. The number of aromatic nitrogens is 1. The van der Waals surface area contributed by atoms with Crippen molar-refractivity contribution in [3.63, 3.8) is 0 Å². The Bertz CT molecular complexity index is 636. The summed E-state index contributed by atoms with van der Waals surface area (Å²) in [5, 5.41) is 7.06. The molecule has 102 valence electrons. The van der Waals surface area contributed by atoms with Gasteiger partial charge < -0.3 is 10.6 Å². The molecule has 3 nitrogen and oxygen atoms in total. The molecule has 0 amide bonds. The smallest absolute Gasteiger partial charge is 0.129 e. The molecule has 0 fully saturated rings. The second-order valence-electron chi connectivity index (χ2n) is 5.69. The van der Waals surface area contributed by atoms with E-state index in [0.717, 1.165) is 25.2 Å². The van der Waals surface area contributed by atoms with E-state index in [1.54, 1.807) is 0 Å². The molecule has 1 unspecified atom stereocenters. The van der Waals surface area contributed by atoms with Crippen LogP contribution in [-0.4, -0.2) is 11.5 Å². The molecule has 1 aromatic carbocycles. The highest BCUT2D eigenvalue weighted by Gasteiger charge is 2.21. The Morgan fingerprint density at radius 3 is 3.10 bits per heavy atom. The van der Waals surface area contributed by atoms with Gasteiger partial charge in [-0.05, 0) is 54.5 Å². The van der Waals surface area contributed by atoms with Gasteiger partial charge in [-0.15, -0.1) is 0 Å². The highest BCUT2D eigenvalue weighted by Crippen LogP contribution is 2.33. The van der Waals surface area contributed by atoms with Crippen LogP contribution in [0.2, 0.25) is 0 Å². The molecular weight excluding hydrogens is 246 g/mol. The molecule has 0 saturated heterocycles. The molecule has 2 aliphatic rings. The molecule has 1 aromatic heterocycles. The topological polar surface area (TPSA) is 37.0 Å². The number of benzene rings is 1. The van der Waals surface area contributed by atoms with E-state index < -0.39 is 0 Å². The van der Waals surface area contributed by atoms with Gasteiger partial charge in [0.05, 0.1) is 6.04 Å². The molecule has 3 heteroatoms. The normalized spacial score (nSPS) is 20.3. The molecule has 1 atom stereocenters. The van der Waals surface area contributed by atoms with Gasteiger partial charge in [0.1, 0.15) is 5.82 Å². The number of nitrogens with zero attached hydrogens (tertiary/aromatic N) is 1. The quantitative estimate of drug-likeness (QED) is 0.828. The average Bonchev–Trinajstić information content (AvgIpc) is 2.54. The van der Waals surface area contributed by atoms with Crippen molar-refractivity contribution in [3.8, 4) is 0 Å². The standard InChI is InChI=1S/C17H19N3/c1-3-12-5-8-16(20-17(12)19-10-1)14-6-7-15-13(11-14)4-2-9-18-15/h1,3,6-7,10-11,16,18H,2,4-5,8-9H2,(H,19,20). The molecule has 0 bridgehead atoms. The molecule has 3 heterocycles. The van der Waals surface area contributed by atoms with Gasteiger partial charge >= 0.3 is 0 Å². The van der Waals surface area contributed by atoms with Gasteiger partial charge in [-0.2, -0.15) is 0 Å². The number of nitrogens with one attached hydrogen (secondary N) is 2. The second-order valence-corrected chi connectivity index (χ2v) is 5.69. The molecule has 0 spiro atoms. The Labute approximate surface area is 119 Å². The van der Waals surface area contributed by atoms with Crippen LogP contribution >= 0.6 is 0 Å². The monoisotopic (exact) mass is 265 g/mol. The third-order valence-corrected chi connectivity index (χ3v) is 4.37. The first kappa shape index (κ1) is 11.8. The number of hydrogen-bond donors (Lipinski definition) is 2. The minimum absolute atomic E-state index is 0.393. The fourth-order valence-electron chi connectivity index (χ4n) is 3.27. The third kappa shape index (κ3) is 2.03. The van der Waals surface area contributed by atoms with Crippen LogP contribution in [0.1, 0.15) is 35.6 Å². The highest BCUT2D eigenvalue weighted by atomic mass is 15.0. The van der Waals surface area contributed by atoms with Gasteiger partial charge in [0, 0.05) is 18.4 Å². The largest absolute Gasteiger partial charge is 0.385 e. The SMILES string of the molecule is c1cnc2c(c1)CCC(c1ccc3c(c1)CCCN3)N2. The zero-order valence-corrected chi connectivity index (χ0v) is 11.5. The summed E-state index contributed by atoms with van der Waals surface area (Å²) in [6.45, 7) is 1.10. The first-order chi connectivity index (χ1) is 9.90. The maximum absolute atomic E-state index is 4.46. The molecule has 2 N–H and O–H groups in total. The number of pyridine rings is 1. The Morgan fingerprint density at radius 1 is 1.10 bits per heavy atom. The van der Waals surface area contributed by atoms with Crippen molar-refractivity contribution in [1.29, 1.82) is 0 Å². The summed E-state index contributed by atoms with van der Waals surface area (Å²) >= 11 is 0. The average molecular weight is 265 g/mol. The van der Waals surface area contributed by atoms with Crippen molar-refractivity contribution in [2.45, 2.75) is 31.7 Å². The van der Waals surface area contributed by atoms with Crippen molar-refractivity contribution in [2.75, 3.05) is 17.2 Å². The van der Waals surface area contributed by atoms with Gasteiger partial charge in [-0.3, -0.25) is 0 Å². The summed E-state index contributed by atoms with van der Waals surface area (Å²) in [6.07, 6.45) is 6.54. The maximum Gasteiger partial charge on any atom is 0.129 e. The van der Waals surface area contributed by atoms with Crippen LogP contribution in [0.3, 0.4) is 0 Å². The van der Waals surface area contributed by atoms with Crippen LogP contribution in [0.25, 0.3) is 0 Å². The third-order valence-electron chi connectivity index (χ3n) is 4.37. The van der Waals surface area contributed by atoms with Gasteiger partial charge in [0.15, 0.2) is 0 Å². The lowest BCUT2D eigenvalue weighted by Crippen LogP contribution is -2.20. The fraction of sp³-hybridized carbons (Fsp3) is 0.353. The van der Waals surface area contributed by atoms with Gasteiger partial charge in [-0.25, -0.2) is 4.98 Å². The number of rotatable bonds is 1. The molecule has 0 saturated carbocycles. The van der Waals surface area contributed by atoms with Crippen LogP contribution in [0.4, 0.5) is 11.5 Å². The predicted octanol–water partition coefficient (Wildman–Crippen LogP) is 3.54. The van der Waals surface area contributed by atoms with Crippen molar-refractivity contribution >= 4 is 11.5 Å². The Hall–Kier alpha value is -2.03. The number of fused-ring (bicyclic) bond motifs is 2. The van der Waals surface area contributed by atoms with Crippen LogP contribution in [-0.2, 0) is 12.8 Å². The van der Waals surface area contributed by atoms with Gasteiger partial charge in [0.2, 0.25) is 0 Å². The van der Waals surface area contributed by atoms with Crippen LogP contribution in [0.15, 0.2) is 36.5 Å². The summed E-state index contributed by atoms with van der Waals surface area (Å²) in [6, 6.07) is 11.4.